The first-order chi connectivity index (χ1) is 13.5. The van der Waals surface area contributed by atoms with Gasteiger partial charge in [-0.25, -0.2) is 4.39 Å². The van der Waals surface area contributed by atoms with Gasteiger partial charge in [-0.05, 0) is 42.0 Å². The molecule has 6 nitrogen and oxygen atoms in total. The van der Waals surface area contributed by atoms with Gasteiger partial charge in [0.2, 0.25) is 5.56 Å². The van der Waals surface area contributed by atoms with Crippen molar-refractivity contribution in [3.05, 3.63) is 76.3 Å². The molecule has 0 unspecified atom stereocenters. The molecule has 0 bridgehead atoms. The van der Waals surface area contributed by atoms with Gasteiger partial charge < -0.3 is 19.9 Å². The molecular weight excluding hydrogens is 363 g/mol. The number of rotatable bonds is 9. The fourth-order valence-electron chi connectivity index (χ4n) is 2.99. The second-order valence-corrected chi connectivity index (χ2v) is 6.62. The molecule has 0 saturated heterocycles. The molecule has 0 saturated carbocycles. The molecule has 28 heavy (non-hydrogen) atoms. The molecule has 0 fully saturated rings. The van der Waals surface area contributed by atoms with Crippen LogP contribution in [0.5, 0.6) is 5.75 Å². The van der Waals surface area contributed by atoms with E-state index >= 15 is 0 Å². The number of ether oxygens (including phenoxy) is 1. The molecule has 0 aliphatic rings. The standard InChI is InChI=1S/C21H23FN2O4/c22-17-4-1-15(2-5-17)12-24(9-10-25)13-18(26)14-28-19-6-7-20-16(11-19)3-8-21(27)23-20/h1-8,11,18,25-26H,9-10,12-14H2,(H,23,27)/t18-/m1/s1. The number of aromatic amines is 1. The molecule has 0 spiro atoms. The molecule has 1 heterocycles. The third-order valence-electron chi connectivity index (χ3n) is 4.34. The van der Waals surface area contributed by atoms with Crippen LogP contribution >= 0.6 is 0 Å². The van der Waals surface area contributed by atoms with Gasteiger partial charge in [0, 0.05) is 36.6 Å². The molecule has 3 rings (SSSR count). The summed E-state index contributed by atoms with van der Waals surface area (Å²) in [7, 11) is 0. The van der Waals surface area contributed by atoms with E-state index in [4.69, 9.17) is 4.74 Å². The van der Waals surface area contributed by atoms with E-state index in [1.54, 1.807) is 36.4 Å². The number of H-pyrrole nitrogens is 1. The van der Waals surface area contributed by atoms with E-state index in [0.29, 0.717) is 30.9 Å². The smallest absolute Gasteiger partial charge is 0.248 e. The van der Waals surface area contributed by atoms with E-state index in [0.717, 1.165) is 10.9 Å². The van der Waals surface area contributed by atoms with Crippen molar-refractivity contribution >= 4 is 10.9 Å². The highest BCUT2D eigenvalue weighted by atomic mass is 19.1. The Morgan fingerprint density at radius 3 is 2.64 bits per heavy atom. The number of aliphatic hydroxyl groups is 2. The Hall–Kier alpha value is -2.74. The van der Waals surface area contributed by atoms with Gasteiger partial charge in [-0.1, -0.05) is 12.1 Å². The van der Waals surface area contributed by atoms with E-state index in [9.17, 15) is 19.4 Å². The summed E-state index contributed by atoms with van der Waals surface area (Å²) in [5.74, 6) is 0.288. The lowest BCUT2D eigenvalue weighted by atomic mass is 10.2. The average molecular weight is 386 g/mol. The number of halogens is 1. The number of nitrogens with zero attached hydrogens (tertiary/aromatic N) is 1. The van der Waals surface area contributed by atoms with Crippen molar-refractivity contribution in [1.82, 2.24) is 9.88 Å². The summed E-state index contributed by atoms with van der Waals surface area (Å²) in [6, 6.07) is 14.6. The fraction of sp³-hybridized carbons (Fsp3) is 0.286. The van der Waals surface area contributed by atoms with Crippen molar-refractivity contribution in [2.24, 2.45) is 0 Å². The number of aromatic nitrogens is 1. The Morgan fingerprint density at radius 1 is 1.11 bits per heavy atom. The van der Waals surface area contributed by atoms with Gasteiger partial charge in [0.25, 0.3) is 0 Å². The Kier molecular flexibility index (Phi) is 6.76. The van der Waals surface area contributed by atoms with Crippen LogP contribution in [0.15, 0.2) is 59.4 Å². The summed E-state index contributed by atoms with van der Waals surface area (Å²) in [5, 5.41) is 20.4. The summed E-state index contributed by atoms with van der Waals surface area (Å²) in [6.45, 7) is 1.22. The summed E-state index contributed by atoms with van der Waals surface area (Å²) < 4.78 is 18.7. The first kappa shape index (κ1) is 20.0. The van der Waals surface area contributed by atoms with E-state index in [1.165, 1.54) is 18.2 Å². The van der Waals surface area contributed by atoms with Crippen LogP contribution in [0, 0.1) is 5.82 Å². The lowest BCUT2D eigenvalue weighted by Crippen LogP contribution is -2.37. The van der Waals surface area contributed by atoms with Crippen LogP contribution in [0.25, 0.3) is 10.9 Å². The van der Waals surface area contributed by atoms with Gasteiger partial charge >= 0.3 is 0 Å². The number of benzene rings is 2. The zero-order valence-electron chi connectivity index (χ0n) is 15.3. The zero-order valence-corrected chi connectivity index (χ0v) is 15.3. The topological polar surface area (TPSA) is 85.8 Å². The van der Waals surface area contributed by atoms with Crippen LogP contribution in [0.3, 0.4) is 0 Å². The van der Waals surface area contributed by atoms with Gasteiger partial charge in [0.15, 0.2) is 0 Å². The van der Waals surface area contributed by atoms with Gasteiger partial charge in [0.05, 0.1) is 6.61 Å². The van der Waals surface area contributed by atoms with Crippen LogP contribution in [-0.4, -0.2) is 52.5 Å². The lowest BCUT2D eigenvalue weighted by Gasteiger charge is -2.24. The third kappa shape index (κ3) is 5.63. The number of hydrogen-bond acceptors (Lipinski definition) is 5. The van der Waals surface area contributed by atoms with Gasteiger partial charge in [-0.15, -0.1) is 0 Å². The second-order valence-electron chi connectivity index (χ2n) is 6.62. The van der Waals surface area contributed by atoms with E-state index in [2.05, 4.69) is 4.98 Å². The molecule has 1 aromatic heterocycles. The number of hydrogen-bond donors (Lipinski definition) is 3. The largest absolute Gasteiger partial charge is 0.491 e. The molecule has 1 atom stereocenters. The predicted octanol–water partition coefficient (Wildman–Crippen LogP) is 1.90. The Balaban J connectivity index is 1.56. The van der Waals surface area contributed by atoms with Gasteiger partial charge in [-0.3, -0.25) is 9.69 Å². The molecule has 148 valence electrons. The number of nitrogens with one attached hydrogen (secondary N) is 1. The van der Waals surface area contributed by atoms with Crippen molar-refractivity contribution in [2.45, 2.75) is 12.6 Å². The molecule has 0 amide bonds. The Bertz CT molecular complexity index is 959. The first-order valence-electron chi connectivity index (χ1n) is 9.05. The number of fused-ring (bicyclic) bond motifs is 1. The highest BCUT2D eigenvalue weighted by Gasteiger charge is 2.13. The Morgan fingerprint density at radius 2 is 1.89 bits per heavy atom. The van der Waals surface area contributed by atoms with Gasteiger partial charge in [0.1, 0.15) is 24.3 Å². The number of aliphatic hydroxyl groups excluding tert-OH is 2. The van der Waals surface area contributed by atoms with Crippen molar-refractivity contribution < 1.29 is 19.3 Å². The zero-order chi connectivity index (χ0) is 19.9. The van der Waals surface area contributed by atoms with E-state index in [-0.39, 0.29) is 24.6 Å². The predicted molar refractivity (Wildman–Crippen MR) is 105 cm³/mol. The van der Waals surface area contributed by atoms with Crippen LogP contribution in [0.1, 0.15) is 5.56 Å². The van der Waals surface area contributed by atoms with Gasteiger partial charge in [-0.2, -0.15) is 0 Å². The molecule has 0 aliphatic heterocycles. The molecule has 3 aromatic rings. The van der Waals surface area contributed by atoms with Crippen molar-refractivity contribution in [2.75, 3.05) is 26.3 Å². The van der Waals surface area contributed by atoms with Crippen LogP contribution in [0.2, 0.25) is 0 Å². The van der Waals surface area contributed by atoms with Crippen LogP contribution in [0.4, 0.5) is 4.39 Å². The maximum absolute atomic E-state index is 13.0. The molecular formula is C21H23FN2O4. The van der Waals surface area contributed by atoms with Crippen molar-refractivity contribution in [3.8, 4) is 5.75 Å². The summed E-state index contributed by atoms with van der Waals surface area (Å²) >= 11 is 0. The lowest BCUT2D eigenvalue weighted by molar-refractivity contribution is 0.0590. The summed E-state index contributed by atoms with van der Waals surface area (Å²) in [6.07, 6.45) is -0.765. The highest BCUT2D eigenvalue weighted by molar-refractivity contribution is 5.79. The minimum Gasteiger partial charge on any atom is -0.491 e. The SMILES string of the molecule is O=c1ccc2cc(OC[C@H](O)CN(CCO)Cc3ccc(F)cc3)ccc2[nH]1. The maximum atomic E-state index is 13.0. The van der Waals surface area contributed by atoms with Crippen LogP contribution in [-0.2, 0) is 6.54 Å². The van der Waals surface area contributed by atoms with Crippen molar-refractivity contribution in [1.29, 1.82) is 0 Å². The maximum Gasteiger partial charge on any atom is 0.248 e. The fourth-order valence-corrected chi connectivity index (χ4v) is 2.99. The molecule has 0 aliphatic carbocycles. The normalized spacial score (nSPS) is 12.4. The van der Waals surface area contributed by atoms with Crippen LogP contribution < -0.4 is 10.3 Å². The van der Waals surface area contributed by atoms with E-state index < -0.39 is 6.10 Å². The highest BCUT2D eigenvalue weighted by Crippen LogP contribution is 2.18. The molecule has 2 aromatic carbocycles. The Labute approximate surface area is 161 Å². The third-order valence-corrected chi connectivity index (χ3v) is 4.34. The minimum atomic E-state index is -0.765. The average Bonchev–Trinajstić information content (AvgIpc) is 2.68. The first-order valence-corrected chi connectivity index (χ1v) is 9.05. The summed E-state index contributed by atoms with van der Waals surface area (Å²) in [5.41, 5.74) is 1.45. The van der Waals surface area contributed by atoms with Crippen molar-refractivity contribution in [3.63, 3.8) is 0 Å². The number of pyridine rings is 1. The summed E-state index contributed by atoms with van der Waals surface area (Å²) in [4.78, 5) is 15.9. The quantitative estimate of drug-likeness (QED) is 0.523. The molecule has 0 radical (unpaired) electrons. The molecule has 3 N–H and O–H groups in total. The minimum absolute atomic E-state index is 0.0440. The second kappa shape index (κ2) is 9.45. The molecule has 7 heteroatoms. The van der Waals surface area contributed by atoms with E-state index in [1.807, 2.05) is 4.90 Å². The monoisotopic (exact) mass is 386 g/mol.